The van der Waals surface area contributed by atoms with E-state index in [9.17, 15) is 9.59 Å². The van der Waals surface area contributed by atoms with Gasteiger partial charge in [-0.25, -0.2) is 4.98 Å². The number of amides is 2. The summed E-state index contributed by atoms with van der Waals surface area (Å²) in [5, 5.41) is 6.29. The lowest BCUT2D eigenvalue weighted by molar-refractivity contribution is -0.116. The van der Waals surface area contributed by atoms with Crippen LogP contribution in [-0.2, 0) is 4.79 Å². The number of para-hydroxylation sites is 1. The van der Waals surface area contributed by atoms with Gasteiger partial charge in [-0.1, -0.05) is 23.7 Å². The molecule has 2 amide bonds. The molecule has 8 heteroatoms. The second-order valence-electron chi connectivity index (χ2n) is 6.67. The van der Waals surface area contributed by atoms with Crippen molar-refractivity contribution in [3.05, 3.63) is 77.4 Å². The molecule has 2 aromatic carbocycles. The summed E-state index contributed by atoms with van der Waals surface area (Å²) in [5.41, 5.74) is 1.61. The van der Waals surface area contributed by atoms with Crippen LogP contribution < -0.4 is 15.4 Å². The van der Waals surface area contributed by atoms with Crippen LogP contribution in [0.1, 0.15) is 17.3 Å². The van der Waals surface area contributed by atoms with E-state index in [1.54, 1.807) is 49.6 Å². The van der Waals surface area contributed by atoms with Gasteiger partial charge in [0.15, 0.2) is 0 Å². The molecule has 160 valence electrons. The van der Waals surface area contributed by atoms with E-state index in [0.29, 0.717) is 28.7 Å². The molecule has 0 spiro atoms. The Bertz CT molecular complexity index is 1060. The second kappa shape index (κ2) is 10.4. The SMILES string of the molecule is CCOc1ccc(Nc2ncccc2C(=O)N(C)CC(=O)Nc2ccccc2Cl)cc1. The Morgan fingerprint density at radius 2 is 1.81 bits per heavy atom. The number of anilines is 3. The molecule has 0 fully saturated rings. The molecule has 0 bridgehead atoms. The van der Waals surface area contributed by atoms with Gasteiger partial charge in [0.25, 0.3) is 5.91 Å². The lowest BCUT2D eigenvalue weighted by Crippen LogP contribution is -2.35. The van der Waals surface area contributed by atoms with Gasteiger partial charge in [-0.05, 0) is 55.5 Å². The van der Waals surface area contributed by atoms with E-state index in [2.05, 4.69) is 15.6 Å². The summed E-state index contributed by atoms with van der Waals surface area (Å²) < 4.78 is 5.44. The highest BCUT2D eigenvalue weighted by molar-refractivity contribution is 6.33. The number of ether oxygens (including phenoxy) is 1. The second-order valence-corrected chi connectivity index (χ2v) is 7.08. The van der Waals surface area contributed by atoms with Crippen molar-refractivity contribution in [1.29, 1.82) is 0 Å². The minimum absolute atomic E-state index is 0.137. The van der Waals surface area contributed by atoms with Crippen LogP contribution in [0.15, 0.2) is 66.9 Å². The third kappa shape index (κ3) is 5.96. The van der Waals surface area contributed by atoms with Crippen molar-refractivity contribution in [2.45, 2.75) is 6.92 Å². The van der Waals surface area contributed by atoms with Crippen LogP contribution in [0.4, 0.5) is 17.2 Å². The summed E-state index contributed by atoms with van der Waals surface area (Å²) in [6.45, 7) is 2.37. The molecule has 1 heterocycles. The molecule has 2 N–H and O–H groups in total. The topological polar surface area (TPSA) is 83.6 Å². The largest absolute Gasteiger partial charge is 0.494 e. The van der Waals surface area contributed by atoms with Crippen LogP contribution in [0.3, 0.4) is 0 Å². The van der Waals surface area contributed by atoms with E-state index in [4.69, 9.17) is 16.3 Å². The fourth-order valence-electron chi connectivity index (χ4n) is 2.86. The molecule has 0 aliphatic heterocycles. The number of nitrogens with one attached hydrogen (secondary N) is 2. The molecule has 7 nitrogen and oxygen atoms in total. The summed E-state index contributed by atoms with van der Waals surface area (Å²) in [7, 11) is 1.56. The molecule has 0 aliphatic carbocycles. The first-order valence-electron chi connectivity index (χ1n) is 9.72. The van der Waals surface area contributed by atoms with Crippen LogP contribution in [0.2, 0.25) is 5.02 Å². The molecule has 0 unspecified atom stereocenters. The number of carbonyl (C=O) groups excluding carboxylic acids is 2. The maximum Gasteiger partial charge on any atom is 0.257 e. The predicted molar refractivity (Wildman–Crippen MR) is 122 cm³/mol. The first kappa shape index (κ1) is 22.1. The van der Waals surface area contributed by atoms with Crippen LogP contribution >= 0.6 is 11.6 Å². The molecule has 0 radical (unpaired) electrons. The van der Waals surface area contributed by atoms with Crippen molar-refractivity contribution in [2.75, 3.05) is 30.8 Å². The summed E-state index contributed by atoms with van der Waals surface area (Å²) >= 11 is 6.07. The van der Waals surface area contributed by atoms with Crippen LogP contribution in [0, 0.1) is 0 Å². The highest BCUT2D eigenvalue weighted by Gasteiger charge is 2.19. The van der Waals surface area contributed by atoms with Crippen LogP contribution in [0.5, 0.6) is 5.75 Å². The number of carbonyl (C=O) groups is 2. The molecule has 0 atom stereocenters. The molecule has 0 aliphatic rings. The molecular formula is C23H23ClN4O3. The Morgan fingerprint density at radius 3 is 2.52 bits per heavy atom. The summed E-state index contributed by atoms with van der Waals surface area (Å²) in [6, 6.07) is 17.6. The van der Waals surface area contributed by atoms with E-state index < -0.39 is 0 Å². The normalized spacial score (nSPS) is 10.3. The van der Waals surface area contributed by atoms with Gasteiger partial charge in [0.1, 0.15) is 11.6 Å². The number of pyridine rings is 1. The number of likely N-dealkylation sites (N-methyl/N-ethyl adjacent to an activating group) is 1. The highest BCUT2D eigenvalue weighted by atomic mass is 35.5. The quantitative estimate of drug-likeness (QED) is 0.537. The lowest BCUT2D eigenvalue weighted by Gasteiger charge is -2.19. The minimum atomic E-state index is -0.353. The number of hydrogen-bond donors (Lipinski definition) is 2. The Kier molecular flexibility index (Phi) is 7.45. The Labute approximate surface area is 186 Å². The van der Waals surface area contributed by atoms with Crippen molar-refractivity contribution in [3.8, 4) is 5.75 Å². The maximum atomic E-state index is 13.0. The van der Waals surface area contributed by atoms with Gasteiger partial charge < -0.3 is 20.3 Å². The monoisotopic (exact) mass is 438 g/mol. The summed E-state index contributed by atoms with van der Waals surface area (Å²) in [5.74, 6) is 0.467. The van der Waals surface area contributed by atoms with Gasteiger partial charge in [-0.15, -0.1) is 0 Å². The first-order valence-corrected chi connectivity index (χ1v) is 10.1. The zero-order chi connectivity index (χ0) is 22.2. The number of hydrogen-bond acceptors (Lipinski definition) is 5. The van der Waals surface area contributed by atoms with E-state index in [1.807, 2.05) is 31.2 Å². The highest BCUT2D eigenvalue weighted by Crippen LogP contribution is 2.23. The van der Waals surface area contributed by atoms with Crippen molar-refractivity contribution in [1.82, 2.24) is 9.88 Å². The average molecular weight is 439 g/mol. The van der Waals surface area contributed by atoms with Crippen molar-refractivity contribution >= 4 is 40.6 Å². The van der Waals surface area contributed by atoms with Crippen molar-refractivity contribution < 1.29 is 14.3 Å². The standard InChI is InChI=1S/C23H23ClN4O3/c1-3-31-17-12-10-16(11-13-17)26-22-18(7-6-14-25-22)23(30)28(2)15-21(29)27-20-9-5-4-8-19(20)24/h4-14H,3,15H2,1-2H3,(H,25,26)(H,27,29). The van der Waals surface area contributed by atoms with Crippen molar-refractivity contribution in [2.24, 2.45) is 0 Å². The smallest absolute Gasteiger partial charge is 0.257 e. The third-order valence-electron chi connectivity index (χ3n) is 4.34. The fourth-order valence-corrected chi connectivity index (χ4v) is 3.04. The predicted octanol–water partition coefficient (Wildman–Crippen LogP) is 4.59. The Hall–Kier alpha value is -3.58. The Morgan fingerprint density at radius 1 is 1.06 bits per heavy atom. The lowest BCUT2D eigenvalue weighted by atomic mass is 10.2. The van der Waals surface area contributed by atoms with Gasteiger partial charge >= 0.3 is 0 Å². The van der Waals surface area contributed by atoms with E-state index in [-0.39, 0.29) is 18.4 Å². The molecule has 1 aromatic heterocycles. The molecule has 0 saturated carbocycles. The Balaban J connectivity index is 1.68. The van der Waals surface area contributed by atoms with Crippen LogP contribution in [0.25, 0.3) is 0 Å². The molecule has 31 heavy (non-hydrogen) atoms. The van der Waals surface area contributed by atoms with Gasteiger partial charge in [-0.3, -0.25) is 9.59 Å². The number of nitrogens with zero attached hydrogens (tertiary/aromatic N) is 2. The summed E-state index contributed by atoms with van der Waals surface area (Å²) in [6.07, 6.45) is 1.60. The number of aromatic nitrogens is 1. The van der Waals surface area contributed by atoms with Gasteiger partial charge in [0.05, 0.1) is 29.4 Å². The van der Waals surface area contributed by atoms with Crippen LogP contribution in [-0.4, -0.2) is 41.9 Å². The van der Waals surface area contributed by atoms with Gasteiger partial charge in [-0.2, -0.15) is 0 Å². The van der Waals surface area contributed by atoms with Gasteiger partial charge in [0.2, 0.25) is 5.91 Å². The maximum absolute atomic E-state index is 13.0. The number of halogens is 1. The van der Waals surface area contributed by atoms with Gasteiger partial charge in [0, 0.05) is 18.9 Å². The molecule has 3 aromatic rings. The first-order chi connectivity index (χ1) is 15.0. The average Bonchev–Trinajstić information content (AvgIpc) is 2.77. The fraction of sp³-hybridized carbons (Fsp3) is 0.174. The minimum Gasteiger partial charge on any atom is -0.494 e. The third-order valence-corrected chi connectivity index (χ3v) is 4.67. The molecule has 0 saturated heterocycles. The van der Waals surface area contributed by atoms with Crippen molar-refractivity contribution in [3.63, 3.8) is 0 Å². The summed E-state index contributed by atoms with van der Waals surface area (Å²) in [4.78, 5) is 30.9. The number of benzene rings is 2. The molecular weight excluding hydrogens is 416 g/mol. The zero-order valence-corrected chi connectivity index (χ0v) is 18.0. The van der Waals surface area contributed by atoms with E-state index in [1.165, 1.54) is 4.90 Å². The van der Waals surface area contributed by atoms with E-state index >= 15 is 0 Å². The molecule has 3 rings (SSSR count). The van der Waals surface area contributed by atoms with E-state index in [0.717, 1.165) is 11.4 Å². The number of rotatable bonds is 8. The zero-order valence-electron chi connectivity index (χ0n) is 17.3.